The average molecular weight is 373 g/mol. The van der Waals surface area contributed by atoms with E-state index in [-0.39, 0.29) is 12.4 Å². The van der Waals surface area contributed by atoms with Gasteiger partial charge in [-0.05, 0) is 43.0 Å². The second-order valence-electron chi connectivity index (χ2n) is 6.72. The molecular weight excluding hydrogens is 349 g/mol. The molecule has 0 saturated carbocycles. The minimum Gasteiger partial charge on any atom is -0.493 e. The van der Waals surface area contributed by atoms with Gasteiger partial charge in [0, 0.05) is 24.2 Å². The largest absolute Gasteiger partial charge is 0.493 e. The molecule has 1 heterocycles. The normalized spacial score (nSPS) is 15.0. The number of benzene rings is 2. The minimum absolute atomic E-state index is 0.150. The lowest BCUT2D eigenvalue weighted by Gasteiger charge is -2.32. The Morgan fingerprint density at radius 3 is 2.58 bits per heavy atom. The quantitative estimate of drug-likeness (QED) is 0.701. The van der Waals surface area contributed by atoms with Crippen molar-refractivity contribution in [3.8, 4) is 11.5 Å². The molecule has 0 bridgehead atoms. The molecule has 1 saturated heterocycles. The molecule has 0 amide bonds. The number of thiocarbonyl (C=S) groups is 1. The van der Waals surface area contributed by atoms with Gasteiger partial charge in [0.15, 0.2) is 11.5 Å². The van der Waals surface area contributed by atoms with E-state index in [0.29, 0.717) is 17.1 Å². The second-order valence-corrected chi connectivity index (χ2v) is 7.11. The highest BCUT2D eigenvalue weighted by Crippen LogP contribution is 2.30. The number of rotatable bonds is 5. The number of piperidine rings is 1. The van der Waals surface area contributed by atoms with Crippen molar-refractivity contribution in [1.29, 1.82) is 0 Å². The van der Waals surface area contributed by atoms with Crippen molar-refractivity contribution < 1.29 is 13.9 Å². The number of hydrogen-bond donors (Lipinski definition) is 0. The molecule has 3 rings (SSSR count). The van der Waals surface area contributed by atoms with E-state index >= 15 is 0 Å². The minimum atomic E-state index is -0.274. The van der Waals surface area contributed by atoms with Gasteiger partial charge in [-0.15, -0.1) is 0 Å². The first-order chi connectivity index (χ1) is 12.6. The van der Waals surface area contributed by atoms with E-state index in [0.717, 1.165) is 29.6 Å². The van der Waals surface area contributed by atoms with E-state index < -0.39 is 0 Å². The molecule has 138 valence electrons. The maximum Gasteiger partial charge on any atom is 0.161 e. The predicted octanol–water partition coefficient (Wildman–Crippen LogP) is 4.82. The summed E-state index contributed by atoms with van der Waals surface area (Å²) in [6.45, 7) is 4.42. The highest BCUT2D eigenvalue weighted by molar-refractivity contribution is 7.80. The van der Waals surface area contributed by atoms with Crippen LogP contribution in [0.2, 0.25) is 0 Å². The molecule has 26 heavy (non-hydrogen) atoms. The molecule has 0 aliphatic carbocycles. The van der Waals surface area contributed by atoms with Crippen LogP contribution in [0.3, 0.4) is 0 Å². The predicted molar refractivity (Wildman–Crippen MR) is 105 cm³/mol. The van der Waals surface area contributed by atoms with Gasteiger partial charge in [0.2, 0.25) is 0 Å². The summed E-state index contributed by atoms with van der Waals surface area (Å²) in [7, 11) is 1.60. The molecule has 1 fully saturated rings. The van der Waals surface area contributed by atoms with E-state index in [1.807, 2.05) is 18.2 Å². The number of halogens is 1. The topological polar surface area (TPSA) is 21.7 Å². The number of hydrogen-bond acceptors (Lipinski definition) is 3. The van der Waals surface area contributed by atoms with Crippen LogP contribution in [-0.2, 0) is 6.61 Å². The fourth-order valence-electron chi connectivity index (χ4n) is 3.09. The molecule has 2 aromatic rings. The van der Waals surface area contributed by atoms with E-state index in [1.54, 1.807) is 25.3 Å². The van der Waals surface area contributed by atoms with E-state index in [9.17, 15) is 4.39 Å². The van der Waals surface area contributed by atoms with Gasteiger partial charge in [-0.25, -0.2) is 4.39 Å². The van der Waals surface area contributed by atoms with E-state index in [1.165, 1.54) is 18.9 Å². The standard InChI is InChI=1S/C21H24FNO2S/c1-15-9-11-23(12-10-15)21(26)16-7-8-19(20(13-16)24-2)25-14-17-5-3-4-6-18(17)22/h3-8,13,15H,9-12,14H2,1-2H3. The summed E-state index contributed by atoms with van der Waals surface area (Å²) in [6.07, 6.45) is 2.34. The fraction of sp³-hybridized carbons (Fsp3) is 0.381. The monoisotopic (exact) mass is 373 g/mol. The Balaban J connectivity index is 1.71. The first-order valence-corrected chi connectivity index (χ1v) is 9.33. The Kier molecular flexibility index (Phi) is 6.09. The van der Waals surface area contributed by atoms with Crippen molar-refractivity contribution in [1.82, 2.24) is 4.90 Å². The highest BCUT2D eigenvalue weighted by Gasteiger charge is 2.20. The summed E-state index contributed by atoms with van der Waals surface area (Å²) in [5.74, 6) is 1.67. The van der Waals surface area contributed by atoms with Gasteiger partial charge in [0.25, 0.3) is 0 Å². The van der Waals surface area contributed by atoms with Crippen LogP contribution in [0.25, 0.3) is 0 Å². The summed E-state index contributed by atoms with van der Waals surface area (Å²) < 4.78 is 25.0. The molecule has 2 aromatic carbocycles. The molecular formula is C21H24FNO2S. The Bertz CT molecular complexity index is 772. The lowest BCUT2D eigenvalue weighted by Crippen LogP contribution is -2.37. The van der Waals surface area contributed by atoms with Crippen molar-refractivity contribution in [2.24, 2.45) is 5.92 Å². The second kappa shape index (κ2) is 8.49. The number of likely N-dealkylation sites (tertiary alicyclic amines) is 1. The van der Waals surface area contributed by atoms with Gasteiger partial charge in [-0.2, -0.15) is 0 Å². The highest BCUT2D eigenvalue weighted by atomic mass is 32.1. The molecule has 0 unspecified atom stereocenters. The van der Waals surface area contributed by atoms with Crippen molar-refractivity contribution >= 4 is 17.2 Å². The molecule has 5 heteroatoms. The van der Waals surface area contributed by atoms with Crippen molar-refractivity contribution in [3.63, 3.8) is 0 Å². The lowest BCUT2D eigenvalue weighted by molar-refractivity contribution is 0.279. The van der Waals surface area contributed by atoms with Gasteiger partial charge in [-0.3, -0.25) is 0 Å². The third-order valence-corrected chi connectivity index (χ3v) is 5.32. The van der Waals surface area contributed by atoms with E-state index in [2.05, 4.69) is 11.8 Å². The summed E-state index contributed by atoms with van der Waals surface area (Å²) in [5.41, 5.74) is 1.46. The van der Waals surface area contributed by atoms with Crippen molar-refractivity contribution in [3.05, 3.63) is 59.4 Å². The average Bonchev–Trinajstić information content (AvgIpc) is 2.67. The summed E-state index contributed by atoms with van der Waals surface area (Å²) >= 11 is 5.67. The zero-order valence-electron chi connectivity index (χ0n) is 15.2. The smallest absolute Gasteiger partial charge is 0.161 e. The first-order valence-electron chi connectivity index (χ1n) is 8.92. The Hall–Kier alpha value is -2.14. The Labute approximate surface area is 159 Å². The number of nitrogens with zero attached hydrogens (tertiary/aromatic N) is 1. The third kappa shape index (κ3) is 4.33. The van der Waals surface area contributed by atoms with Crippen molar-refractivity contribution in [2.75, 3.05) is 20.2 Å². The Morgan fingerprint density at radius 1 is 1.15 bits per heavy atom. The zero-order chi connectivity index (χ0) is 18.5. The zero-order valence-corrected chi connectivity index (χ0v) is 16.0. The van der Waals surface area contributed by atoms with Crippen LogP contribution in [0.1, 0.15) is 30.9 Å². The van der Waals surface area contributed by atoms with Gasteiger partial charge < -0.3 is 14.4 Å². The Morgan fingerprint density at radius 2 is 1.88 bits per heavy atom. The number of methoxy groups -OCH3 is 1. The summed E-state index contributed by atoms with van der Waals surface area (Å²) in [5, 5.41) is 0. The maximum absolute atomic E-state index is 13.7. The molecule has 0 N–H and O–H groups in total. The van der Waals surface area contributed by atoms with Crippen LogP contribution < -0.4 is 9.47 Å². The van der Waals surface area contributed by atoms with Crippen LogP contribution in [-0.4, -0.2) is 30.1 Å². The molecule has 3 nitrogen and oxygen atoms in total. The van der Waals surface area contributed by atoms with Gasteiger partial charge in [-0.1, -0.05) is 37.3 Å². The van der Waals surface area contributed by atoms with Crippen LogP contribution in [0, 0.1) is 11.7 Å². The first kappa shape index (κ1) is 18.6. The molecule has 0 radical (unpaired) electrons. The molecule has 0 spiro atoms. The van der Waals surface area contributed by atoms with Gasteiger partial charge in [0.05, 0.1) is 7.11 Å². The maximum atomic E-state index is 13.7. The molecule has 1 aliphatic heterocycles. The fourth-order valence-corrected chi connectivity index (χ4v) is 3.39. The van der Waals surface area contributed by atoms with Crippen LogP contribution in [0.15, 0.2) is 42.5 Å². The summed E-state index contributed by atoms with van der Waals surface area (Å²) in [6, 6.07) is 12.3. The molecule has 1 aliphatic rings. The van der Waals surface area contributed by atoms with Crippen LogP contribution in [0.5, 0.6) is 11.5 Å². The summed E-state index contributed by atoms with van der Waals surface area (Å²) in [4.78, 5) is 3.10. The van der Waals surface area contributed by atoms with E-state index in [4.69, 9.17) is 21.7 Å². The molecule has 0 aromatic heterocycles. The SMILES string of the molecule is COc1cc(C(=S)N2CCC(C)CC2)ccc1OCc1ccccc1F. The van der Waals surface area contributed by atoms with Crippen LogP contribution in [0.4, 0.5) is 4.39 Å². The lowest BCUT2D eigenvalue weighted by atomic mass is 9.99. The number of ether oxygens (including phenoxy) is 2. The van der Waals surface area contributed by atoms with Crippen molar-refractivity contribution in [2.45, 2.75) is 26.4 Å². The third-order valence-electron chi connectivity index (χ3n) is 4.82. The molecule has 0 atom stereocenters. The van der Waals surface area contributed by atoms with Gasteiger partial charge >= 0.3 is 0 Å². The van der Waals surface area contributed by atoms with Gasteiger partial charge in [0.1, 0.15) is 17.4 Å². The van der Waals surface area contributed by atoms with Crippen LogP contribution >= 0.6 is 12.2 Å².